The summed E-state index contributed by atoms with van der Waals surface area (Å²) in [7, 11) is -14.6. The first kappa shape index (κ1) is 65.5. The van der Waals surface area contributed by atoms with E-state index in [4.69, 9.17) is 44.3 Å². The van der Waals surface area contributed by atoms with Gasteiger partial charge in [0, 0.05) is 60.4 Å². The summed E-state index contributed by atoms with van der Waals surface area (Å²) < 4.78 is 65.1. The van der Waals surface area contributed by atoms with Gasteiger partial charge in [0.25, 0.3) is 0 Å². The monoisotopic (exact) mass is 1300 g/mol. The van der Waals surface area contributed by atoms with Gasteiger partial charge in [-0.05, 0) is 118 Å². The number of benzene rings is 5. The molecule has 0 amide bonds. The van der Waals surface area contributed by atoms with Gasteiger partial charge in [0.1, 0.15) is 28.7 Å². The molecule has 5 unspecified atom stereocenters. The summed E-state index contributed by atoms with van der Waals surface area (Å²) in [5, 5.41) is 0. The minimum Gasteiger partial charge on any atom is -0.511 e. The first-order valence-corrected chi connectivity index (χ1v) is 44.6. The van der Waals surface area contributed by atoms with Gasteiger partial charge in [-0.1, -0.05) is 158 Å². The molecule has 89 heavy (non-hydrogen) atoms. The van der Waals surface area contributed by atoms with Crippen molar-refractivity contribution in [2.75, 3.05) is 0 Å². The third kappa shape index (κ3) is 16.9. The minimum absolute atomic E-state index is 0.263. The van der Waals surface area contributed by atoms with Gasteiger partial charge >= 0.3 is 72.7 Å². The molecule has 0 aromatic heterocycles. The fourth-order valence-electron chi connectivity index (χ4n) is 13.4. The predicted molar refractivity (Wildman–Crippen MR) is 352 cm³/mol. The zero-order valence-electron chi connectivity index (χ0n) is 52.3. The minimum atomic E-state index is -3.03. The Kier molecular flexibility index (Phi) is 22.8. The van der Waals surface area contributed by atoms with E-state index in [-0.39, 0.29) is 29.8 Å². The van der Waals surface area contributed by atoms with Crippen LogP contribution in [0.5, 0.6) is 28.7 Å². The number of hydrogen-bond acceptors (Lipinski definition) is 15. The van der Waals surface area contributed by atoms with Crippen LogP contribution in [0.4, 0.5) is 0 Å². The molecule has 0 radical (unpaired) electrons. The number of hydrogen-bond donors (Lipinski definition) is 0. The molecule has 0 saturated carbocycles. The summed E-state index contributed by atoms with van der Waals surface area (Å²) in [6.07, 6.45) is 20.6. The molecule has 5 aromatic rings. The van der Waals surface area contributed by atoms with Crippen molar-refractivity contribution in [3.63, 3.8) is 0 Å². The van der Waals surface area contributed by atoms with Crippen molar-refractivity contribution in [1.29, 1.82) is 0 Å². The molecule has 0 saturated heterocycles. The van der Waals surface area contributed by atoms with Crippen LogP contribution < -0.4 is 22.1 Å². The van der Waals surface area contributed by atoms with E-state index in [1.807, 2.05) is 91.0 Å². The quantitative estimate of drug-likeness (QED) is 0.0273. The Hall–Kier alpha value is -6.47. The summed E-state index contributed by atoms with van der Waals surface area (Å²) in [5.41, 5.74) is 2.38. The SMILES string of the molecule is CCCCCCC[Si]1(CCCCCC[Si]2(CCCCCC[Si]3(CCCCCC[Si]4(CCCCCC[Si]5(CCC)OC(=O)c6ccccc6O5)OC(=O)c5ccccc5O4)OC(=O)c4ccccc4O3)OC(=O)c3ccccc3O2)OC(=O)c2ccccc2O1. The second-order valence-corrected chi connectivity index (χ2v) is 41.2. The Morgan fingerprint density at radius 1 is 0.213 bits per heavy atom. The molecule has 15 nitrogen and oxygen atoms in total. The number of para-hydroxylation sites is 5. The molecular weight excluding hydrogens is 1210 g/mol. The van der Waals surface area contributed by atoms with Crippen LogP contribution in [0.2, 0.25) is 60.4 Å². The molecule has 5 aliphatic rings. The summed E-state index contributed by atoms with van der Waals surface area (Å²) >= 11 is 0. The number of carbonyl (C=O) groups is 5. The van der Waals surface area contributed by atoms with E-state index in [9.17, 15) is 24.0 Å². The maximum Gasteiger partial charge on any atom is 0.462 e. The van der Waals surface area contributed by atoms with Crippen molar-refractivity contribution in [2.24, 2.45) is 0 Å². The maximum absolute atomic E-state index is 13.7. The van der Waals surface area contributed by atoms with Crippen LogP contribution in [0, 0.1) is 0 Å². The van der Waals surface area contributed by atoms with Gasteiger partial charge in [-0.15, -0.1) is 0 Å². The van der Waals surface area contributed by atoms with Crippen molar-refractivity contribution in [2.45, 2.75) is 216 Å². The molecule has 20 heteroatoms. The summed E-state index contributed by atoms with van der Waals surface area (Å²) in [4.78, 5) is 67.1. The van der Waals surface area contributed by atoms with Crippen molar-refractivity contribution >= 4 is 72.7 Å². The summed E-state index contributed by atoms with van der Waals surface area (Å²) in [5.74, 6) is 1.62. The lowest BCUT2D eigenvalue weighted by atomic mass is 10.2. The van der Waals surface area contributed by atoms with Crippen LogP contribution in [0.25, 0.3) is 0 Å². The normalized spacial score (nSPS) is 22.9. The molecule has 0 aliphatic carbocycles. The summed E-state index contributed by atoms with van der Waals surface area (Å²) in [6, 6.07) is 44.0. The molecule has 10 rings (SSSR count). The predicted octanol–water partition coefficient (Wildman–Crippen LogP) is 18.1. The van der Waals surface area contributed by atoms with Crippen molar-refractivity contribution in [3.05, 3.63) is 149 Å². The molecular formula is C69H90O15Si5. The van der Waals surface area contributed by atoms with Crippen LogP contribution in [0.15, 0.2) is 121 Å². The Labute approximate surface area is 531 Å². The number of rotatable bonds is 36. The molecule has 0 fully saturated rings. The van der Waals surface area contributed by atoms with Crippen LogP contribution in [-0.2, 0) is 22.1 Å². The zero-order chi connectivity index (χ0) is 62.0. The van der Waals surface area contributed by atoms with E-state index in [0.717, 1.165) is 146 Å². The Bertz CT molecular complexity index is 3240. The zero-order valence-corrected chi connectivity index (χ0v) is 57.3. The van der Waals surface area contributed by atoms with Crippen LogP contribution in [-0.4, -0.2) is 72.7 Å². The number of fused-ring (bicyclic) bond motifs is 5. The summed E-state index contributed by atoms with van der Waals surface area (Å²) in [6.45, 7) is 4.31. The Balaban J connectivity index is 0.699. The fraction of sp³-hybridized carbons (Fsp3) is 0.493. The van der Waals surface area contributed by atoms with Crippen molar-refractivity contribution < 1.29 is 68.2 Å². The van der Waals surface area contributed by atoms with E-state index >= 15 is 0 Å². The van der Waals surface area contributed by atoms with Crippen LogP contribution >= 0.6 is 0 Å². The molecule has 5 aliphatic heterocycles. The molecule has 5 heterocycles. The van der Waals surface area contributed by atoms with Gasteiger partial charge < -0.3 is 44.3 Å². The highest BCUT2D eigenvalue weighted by Gasteiger charge is 2.52. The van der Waals surface area contributed by atoms with E-state index in [2.05, 4.69) is 13.8 Å². The van der Waals surface area contributed by atoms with Crippen LogP contribution in [0.3, 0.4) is 0 Å². The molecule has 5 aromatic carbocycles. The van der Waals surface area contributed by atoms with Crippen LogP contribution in [0.1, 0.15) is 207 Å². The molecule has 476 valence electrons. The van der Waals surface area contributed by atoms with Gasteiger partial charge in [-0.25, -0.2) is 24.0 Å². The third-order valence-electron chi connectivity index (χ3n) is 18.2. The highest BCUT2D eigenvalue weighted by Crippen LogP contribution is 2.42. The topological polar surface area (TPSA) is 178 Å². The lowest BCUT2D eigenvalue weighted by Gasteiger charge is -2.36. The van der Waals surface area contributed by atoms with Gasteiger partial charge in [0.05, 0.1) is 27.8 Å². The second kappa shape index (κ2) is 31.0. The van der Waals surface area contributed by atoms with E-state index in [1.54, 1.807) is 30.3 Å². The highest BCUT2D eigenvalue weighted by atomic mass is 28.4. The van der Waals surface area contributed by atoms with E-state index in [0.29, 0.717) is 92.8 Å². The van der Waals surface area contributed by atoms with Gasteiger partial charge in [0.15, 0.2) is 0 Å². The lowest BCUT2D eigenvalue weighted by molar-refractivity contribution is 0.0636. The number of carbonyl (C=O) groups excluding carboxylic acids is 5. The van der Waals surface area contributed by atoms with Gasteiger partial charge in [0.2, 0.25) is 0 Å². The third-order valence-corrected chi connectivity index (χ3v) is 35.2. The highest BCUT2D eigenvalue weighted by molar-refractivity contribution is 6.72. The van der Waals surface area contributed by atoms with Crippen molar-refractivity contribution in [1.82, 2.24) is 0 Å². The first-order valence-electron chi connectivity index (χ1n) is 33.4. The lowest BCUT2D eigenvalue weighted by Crippen LogP contribution is -2.50. The van der Waals surface area contributed by atoms with E-state index < -0.39 is 42.8 Å². The van der Waals surface area contributed by atoms with E-state index in [1.165, 1.54) is 19.3 Å². The maximum atomic E-state index is 13.7. The number of unbranched alkanes of at least 4 members (excludes halogenated alkanes) is 16. The first-order chi connectivity index (χ1) is 43.4. The Morgan fingerprint density at radius 3 is 0.584 bits per heavy atom. The van der Waals surface area contributed by atoms with Gasteiger partial charge in [-0.2, -0.15) is 0 Å². The van der Waals surface area contributed by atoms with Crippen molar-refractivity contribution in [3.8, 4) is 28.7 Å². The largest absolute Gasteiger partial charge is 0.511 e. The smallest absolute Gasteiger partial charge is 0.462 e. The average molecular weight is 1300 g/mol. The average Bonchev–Trinajstić information content (AvgIpc) is 1.73. The van der Waals surface area contributed by atoms with Gasteiger partial charge in [-0.3, -0.25) is 0 Å². The fourth-order valence-corrected chi connectivity index (χ4v) is 29.9. The molecule has 5 atom stereocenters. The Morgan fingerprint density at radius 2 is 0.393 bits per heavy atom. The molecule has 0 N–H and O–H groups in total. The second-order valence-electron chi connectivity index (χ2n) is 25.1. The molecule has 0 spiro atoms. The molecule has 0 bridgehead atoms. The standard InChI is InChI=1S/C69H90O15Si5/c1-3-5-6-7-26-47-86(76-61-41-22-17-36-56(61)66(71)81-86)48-29-10-11-30-51-88(78-63-43-24-19-38-58(63)68(73)83-88)52-33-14-15-34-54-89(79-64-44-25-20-39-59(64)69(74)84-89)53-32-13-12-31-50-87(77-62-42-23-18-37-57(62)67(72)82-87)49-28-9-8-27-46-85(45-4-2)75-60-40-21-16-35-55(60)65(70)80-85/h16-25,35-44H,3-15,26-34,45-54H2,1-2H3.